The van der Waals surface area contributed by atoms with Gasteiger partial charge in [0.05, 0.1) is 31.4 Å². The first kappa shape index (κ1) is 57.6. The molecule has 2 saturated heterocycles. The van der Waals surface area contributed by atoms with Crippen molar-refractivity contribution in [1.29, 1.82) is 0 Å². The number of aliphatic hydroxyl groups is 1. The van der Waals surface area contributed by atoms with Gasteiger partial charge < -0.3 is 65.6 Å². The van der Waals surface area contributed by atoms with Crippen LogP contribution in [0.3, 0.4) is 0 Å². The van der Waals surface area contributed by atoms with Crippen LogP contribution in [0, 0.1) is 11.8 Å². The number of halogens is 1. The van der Waals surface area contributed by atoms with E-state index in [1.165, 1.54) is 69.3 Å². The van der Waals surface area contributed by atoms with Crippen molar-refractivity contribution < 1.29 is 62.4 Å². The second-order valence-electron chi connectivity index (χ2n) is 19.4. The molecule has 2 aromatic rings. The fraction of sp³-hybridized carbons (Fsp3) is 0.549. The molecule has 3 heterocycles. The lowest BCUT2D eigenvalue weighted by Gasteiger charge is -2.42. The molecule has 21 nitrogen and oxygen atoms in total. The Morgan fingerprint density at radius 2 is 1.77 bits per heavy atom. The SMILES string of the molecule is CN[C@H](C(=O)N[C@@H](CCCNC(N)=O)C(=O)Nc1ccc(C(=O)N(C)[C@@H](C)C(=O)O[C@H]2CC(=O)N(C)c3cc(cc(OC)c3Cl)C/C(C)=C/C=C/[C@@H](OC)[C@@]3(O)C[C@H](OC(=O)N3)[C@@H](C)[C@@H]3O[C@@]23C)cc1)C(C)C. The molecule has 4 bridgehead atoms. The fourth-order valence-electron chi connectivity index (χ4n) is 9.12. The average molecular weight is 1040 g/mol. The number of hydrogen-bond donors (Lipinski definition) is 7. The van der Waals surface area contributed by atoms with Gasteiger partial charge in [0.2, 0.25) is 17.7 Å². The molecule has 7 amide bonds. The van der Waals surface area contributed by atoms with E-state index in [0.29, 0.717) is 30.0 Å². The standard InChI is InChI=1S/C51H71ClN8O13/c1-27(2)42(54-7)45(63)57-34(15-13-21-55-48(53)66)44(62)56-33-19-17-32(18-20-33)46(64)59(8)30(5)47(65)72-39-25-40(61)60(9)35-23-31(24-36(69-10)41(35)52)22-28(3)14-12-16-38(70-11)51(68)26-37(71-49(67)58-51)29(4)43-50(39,6)73-43/h12,14,16-20,23-24,27,29-30,34,37-39,42-43,54,68H,13,15,21-22,25-26H2,1-11H3,(H,56,62)(H,57,63)(H,58,67)(H3,53,55,66)/b16-12+,28-14+/t29-,30+,34+,37+,38-,39+,42+,43+,50+,51+/m1/s1. The fourth-order valence-corrected chi connectivity index (χ4v) is 9.44. The molecular formula is C51H71ClN8O13. The number of urea groups is 1. The van der Waals surface area contributed by atoms with Crippen molar-refractivity contribution in [3.63, 3.8) is 0 Å². The van der Waals surface area contributed by atoms with E-state index in [9.17, 15) is 38.7 Å². The molecule has 8 N–H and O–H groups in total. The van der Waals surface area contributed by atoms with Gasteiger partial charge in [-0.25, -0.2) is 14.4 Å². The summed E-state index contributed by atoms with van der Waals surface area (Å²) in [5.41, 5.74) is 4.42. The zero-order valence-electron chi connectivity index (χ0n) is 43.3. The monoisotopic (exact) mass is 1040 g/mol. The van der Waals surface area contributed by atoms with E-state index >= 15 is 0 Å². The van der Waals surface area contributed by atoms with Crippen LogP contribution in [-0.4, -0.2) is 148 Å². The second-order valence-corrected chi connectivity index (χ2v) is 19.8. The third-order valence-corrected chi connectivity index (χ3v) is 14.1. The number of likely N-dealkylation sites (N-methyl/N-ethyl adjacent to an activating group) is 2. The van der Waals surface area contributed by atoms with Crippen LogP contribution in [0.2, 0.25) is 5.02 Å². The number of ether oxygens (including phenoxy) is 5. The summed E-state index contributed by atoms with van der Waals surface area (Å²) in [6, 6.07) is 5.98. The zero-order chi connectivity index (χ0) is 54.1. The lowest BCUT2D eigenvalue weighted by atomic mass is 9.83. The number of fused-ring (bicyclic) bond motifs is 5. The highest BCUT2D eigenvalue weighted by Gasteiger charge is 2.64. The number of epoxide rings is 1. The molecule has 0 saturated carbocycles. The number of carbonyl (C=O) groups is 7. The molecule has 22 heteroatoms. The Balaban J connectivity index is 1.38. The highest BCUT2D eigenvalue weighted by atomic mass is 35.5. The largest absolute Gasteiger partial charge is 0.495 e. The smallest absolute Gasteiger partial charge is 0.409 e. The number of allylic oxidation sites excluding steroid dienone is 3. The number of nitrogens with two attached hydrogens (primary N) is 1. The first-order chi connectivity index (χ1) is 34.4. The number of primary amides is 1. The summed E-state index contributed by atoms with van der Waals surface area (Å²) in [5, 5.41) is 25.5. The zero-order valence-corrected chi connectivity index (χ0v) is 44.1. The molecular weight excluding hydrogens is 968 g/mol. The average Bonchev–Trinajstić information content (AvgIpc) is 4.04. The normalized spacial score (nSPS) is 26.5. The minimum absolute atomic E-state index is 0.0751. The Hall–Kier alpha value is -6.26. The van der Waals surface area contributed by atoms with Gasteiger partial charge in [0.15, 0.2) is 5.72 Å². The summed E-state index contributed by atoms with van der Waals surface area (Å²) in [6.45, 7) is 10.7. The van der Waals surface area contributed by atoms with E-state index in [4.69, 9.17) is 41.0 Å². The number of rotatable bonds is 16. The Bertz CT molecular complexity index is 2440. The molecule has 0 aromatic heterocycles. The van der Waals surface area contributed by atoms with Crippen molar-refractivity contribution >= 4 is 64.7 Å². The molecule has 3 aliphatic rings. The van der Waals surface area contributed by atoms with E-state index < -0.39 is 102 Å². The molecule has 3 aliphatic heterocycles. The third-order valence-electron chi connectivity index (χ3n) is 13.7. The molecule has 0 spiro atoms. The first-order valence-electron chi connectivity index (χ1n) is 24.2. The lowest BCUT2D eigenvalue weighted by molar-refractivity contribution is -0.158. The first-order valence-corrected chi connectivity index (χ1v) is 24.5. The Labute approximate surface area is 431 Å². The number of amides is 7. The van der Waals surface area contributed by atoms with Crippen molar-refractivity contribution in [2.24, 2.45) is 17.6 Å². The summed E-state index contributed by atoms with van der Waals surface area (Å²) < 4.78 is 29.5. The molecule has 0 radical (unpaired) electrons. The van der Waals surface area contributed by atoms with Gasteiger partial charge in [0, 0.05) is 51.3 Å². The van der Waals surface area contributed by atoms with Crippen LogP contribution in [-0.2, 0) is 44.5 Å². The molecule has 5 rings (SSSR count). The minimum atomic E-state index is -1.89. The molecule has 0 aliphatic carbocycles. The highest BCUT2D eigenvalue weighted by Crippen LogP contribution is 2.49. The summed E-state index contributed by atoms with van der Waals surface area (Å²) in [6.07, 6.45) is 0.773. The number of esters is 1. The van der Waals surface area contributed by atoms with Gasteiger partial charge >= 0.3 is 18.1 Å². The summed E-state index contributed by atoms with van der Waals surface area (Å²) in [4.78, 5) is 96.0. The van der Waals surface area contributed by atoms with Gasteiger partial charge in [-0.1, -0.05) is 56.2 Å². The second kappa shape index (κ2) is 24.6. The summed E-state index contributed by atoms with van der Waals surface area (Å²) >= 11 is 6.82. The maximum absolute atomic E-state index is 14.4. The van der Waals surface area contributed by atoms with Crippen LogP contribution >= 0.6 is 11.6 Å². The number of anilines is 2. The summed E-state index contributed by atoms with van der Waals surface area (Å²) in [7, 11) is 7.47. The number of methoxy groups -OCH3 is 2. The highest BCUT2D eigenvalue weighted by molar-refractivity contribution is 6.35. The number of alkyl carbamates (subject to hydrolysis) is 1. The van der Waals surface area contributed by atoms with E-state index in [0.717, 1.165) is 11.1 Å². The summed E-state index contributed by atoms with van der Waals surface area (Å²) in [5.74, 6) is -3.21. The van der Waals surface area contributed by atoms with Crippen molar-refractivity contribution in [1.82, 2.24) is 26.2 Å². The number of hydrogen-bond acceptors (Lipinski definition) is 14. The topological polar surface area (TPSA) is 282 Å². The number of nitrogens with zero attached hydrogens (tertiary/aromatic N) is 2. The van der Waals surface area contributed by atoms with Gasteiger partial charge in [-0.3, -0.25) is 24.5 Å². The van der Waals surface area contributed by atoms with Crippen molar-refractivity contribution in [2.75, 3.05) is 52.1 Å². The van der Waals surface area contributed by atoms with E-state index in [-0.39, 0.29) is 41.8 Å². The Kier molecular flexibility index (Phi) is 19.5. The maximum Gasteiger partial charge on any atom is 0.409 e. The third kappa shape index (κ3) is 14.1. The van der Waals surface area contributed by atoms with Gasteiger partial charge in [-0.2, -0.15) is 0 Å². The van der Waals surface area contributed by atoms with Crippen LogP contribution < -0.4 is 42.0 Å². The van der Waals surface area contributed by atoms with Crippen LogP contribution in [0.25, 0.3) is 0 Å². The van der Waals surface area contributed by atoms with Crippen molar-refractivity contribution in [3.05, 3.63) is 76.3 Å². The van der Waals surface area contributed by atoms with Gasteiger partial charge in [0.25, 0.3) is 5.91 Å². The number of benzene rings is 2. The molecule has 2 aromatic carbocycles. The lowest BCUT2D eigenvalue weighted by Crippen LogP contribution is -2.63. The van der Waals surface area contributed by atoms with E-state index in [1.807, 2.05) is 26.8 Å². The van der Waals surface area contributed by atoms with E-state index in [1.54, 1.807) is 45.2 Å². The maximum atomic E-state index is 14.4. The number of nitrogens with one attached hydrogen (secondary N) is 5. The number of carbonyl (C=O) groups excluding carboxylic acids is 7. The Morgan fingerprint density at radius 1 is 1.08 bits per heavy atom. The predicted octanol–water partition coefficient (Wildman–Crippen LogP) is 3.94. The van der Waals surface area contributed by atoms with Gasteiger partial charge in [-0.05, 0) is 95.0 Å². The predicted molar refractivity (Wildman–Crippen MR) is 272 cm³/mol. The molecule has 2 fully saturated rings. The van der Waals surface area contributed by atoms with Crippen LogP contribution in [0.1, 0.15) is 83.1 Å². The van der Waals surface area contributed by atoms with Crippen LogP contribution in [0.4, 0.5) is 21.0 Å². The molecule has 0 unspecified atom stereocenters. The van der Waals surface area contributed by atoms with Gasteiger partial charge in [-0.15, -0.1) is 0 Å². The van der Waals surface area contributed by atoms with Crippen molar-refractivity contribution in [3.8, 4) is 5.75 Å². The molecule has 10 atom stereocenters. The minimum Gasteiger partial charge on any atom is -0.495 e. The Morgan fingerprint density at radius 3 is 2.38 bits per heavy atom. The van der Waals surface area contributed by atoms with Gasteiger partial charge in [0.1, 0.15) is 46.8 Å². The van der Waals surface area contributed by atoms with Crippen molar-refractivity contribution in [2.45, 2.75) is 128 Å². The van der Waals surface area contributed by atoms with E-state index in [2.05, 4.69) is 26.6 Å². The molecule has 400 valence electrons. The molecule has 73 heavy (non-hydrogen) atoms. The van der Waals surface area contributed by atoms with Crippen LogP contribution in [0.15, 0.2) is 60.2 Å². The van der Waals surface area contributed by atoms with Crippen LogP contribution in [0.5, 0.6) is 5.75 Å². The quantitative estimate of drug-likeness (QED) is 0.0713.